The van der Waals surface area contributed by atoms with Crippen molar-refractivity contribution >= 4 is 16.8 Å². The smallest absolute Gasteiger partial charge is 0.256 e. The summed E-state index contributed by atoms with van der Waals surface area (Å²) in [5.41, 5.74) is 1.44. The fourth-order valence-corrected chi connectivity index (χ4v) is 3.14. The number of amides is 1. The molecule has 0 spiro atoms. The van der Waals surface area contributed by atoms with Crippen LogP contribution in [0.1, 0.15) is 41.5 Å². The molecule has 1 unspecified atom stereocenters. The van der Waals surface area contributed by atoms with Crippen LogP contribution in [0.4, 0.5) is 0 Å². The van der Waals surface area contributed by atoms with Crippen LogP contribution < -0.4 is 0 Å². The summed E-state index contributed by atoms with van der Waals surface area (Å²) in [7, 11) is 0. The van der Waals surface area contributed by atoms with Crippen LogP contribution in [0, 0.1) is 0 Å². The fourth-order valence-electron chi connectivity index (χ4n) is 3.14. The van der Waals surface area contributed by atoms with Crippen molar-refractivity contribution in [3.05, 3.63) is 42.1 Å². The highest BCUT2D eigenvalue weighted by molar-refractivity contribution is 6.05. The molecule has 1 amide bonds. The number of para-hydroxylation sites is 1. The first-order valence-electron chi connectivity index (χ1n) is 7.43. The summed E-state index contributed by atoms with van der Waals surface area (Å²) < 4.78 is 0. The molecule has 1 aliphatic heterocycles. The zero-order chi connectivity index (χ0) is 14.9. The minimum absolute atomic E-state index is 0.0101. The molecule has 1 aromatic carbocycles. The summed E-state index contributed by atoms with van der Waals surface area (Å²) in [4.78, 5) is 19.2. The molecule has 1 atom stereocenters. The predicted molar refractivity (Wildman–Crippen MR) is 80.1 cm³/mol. The summed E-state index contributed by atoms with van der Waals surface area (Å²) in [5, 5.41) is 14.7. The third-order valence-electron chi connectivity index (χ3n) is 4.22. The molecule has 7 heteroatoms. The van der Waals surface area contributed by atoms with Crippen molar-refractivity contribution in [3.8, 4) is 0 Å². The van der Waals surface area contributed by atoms with E-state index in [1.54, 1.807) is 6.20 Å². The van der Waals surface area contributed by atoms with Gasteiger partial charge in [-0.15, -0.1) is 0 Å². The zero-order valence-corrected chi connectivity index (χ0v) is 12.0. The number of rotatable bonds is 2. The van der Waals surface area contributed by atoms with Crippen LogP contribution in [0.25, 0.3) is 10.9 Å². The van der Waals surface area contributed by atoms with Crippen LogP contribution in [0.5, 0.6) is 0 Å². The van der Waals surface area contributed by atoms with Gasteiger partial charge in [0.2, 0.25) is 0 Å². The minimum atomic E-state index is -0.0399. The zero-order valence-electron chi connectivity index (χ0n) is 12.0. The standard InChI is InChI=1S/C15H16N6O/c22-15(11-5-3-4-10-8-17-19-13(10)11)21-7-2-1-6-12(21)14-16-9-18-20-14/h3-5,8-9,12H,1-2,6-7H2,(H,17,19)(H,16,18,20). The van der Waals surface area contributed by atoms with Gasteiger partial charge in [-0.05, 0) is 25.3 Å². The van der Waals surface area contributed by atoms with E-state index in [-0.39, 0.29) is 11.9 Å². The topological polar surface area (TPSA) is 90.6 Å². The van der Waals surface area contributed by atoms with E-state index in [9.17, 15) is 4.79 Å². The lowest BCUT2D eigenvalue weighted by molar-refractivity contribution is 0.0602. The van der Waals surface area contributed by atoms with Gasteiger partial charge in [-0.25, -0.2) is 4.98 Å². The second-order valence-electron chi connectivity index (χ2n) is 5.52. The van der Waals surface area contributed by atoms with E-state index in [0.717, 1.165) is 42.5 Å². The van der Waals surface area contributed by atoms with Gasteiger partial charge >= 0.3 is 0 Å². The summed E-state index contributed by atoms with van der Waals surface area (Å²) in [6, 6.07) is 5.63. The number of carbonyl (C=O) groups is 1. The predicted octanol–water partition coefficient (Wildman–Crippen LogP) is 2.05. The summed E-state index contributed by atoms with van der Waals surface area (Å²) >= 11 is 0. The number of nitrogens with zero attached hydrogens (tertiary/aromatic N) is 4. The number of benzene rings is 1. The Kier molecular flexibility index (Phi) is 3.10. The van der Waals surface area contributed by atoms with E-state index in [1.165, 1.54) is 6.33 Å². The molecule has 2 N–H and O–H groups in total. The molecule has 0 saturated carbocycles. The van der Waals surface area contributed by atoms with Crippen molar-refractivity contribution in [1.29, 1.82) is 0 Å². The maximum atomic E-state index is 13.0. The Morgan fingerprint density at radius 3 is 3.05 bits per heavy atom. The van der Waals surface area contributed by atoms with Gasteiger partial charge in [0.25, 0.3) is 5.91 Å². The highest BCUT2D eigenvalue weighted by Crippen LogP contribution is 2.31. The van der Waals surface area contributed by atoms with Gasteiger partial charge in [0.05, 0.1) is 23.3 Å². The number of hydrogen-bond acceptors (Lipinski definition) is 4. The van der Waals surface area contributed by atoms with Crippen molar-refractivity contribution in [2.24, 2.45) is 0 Å². The molecule has 4 rings (SSSR count). The second kappa shape index (κ2) is 5.25. The van der Waals surface area contributed by atoms with E-state index >= 15 is 0 Å². The Morgan fingerprint density at radius 2 is 2.18 bits per heavy atom. The van der Waals surface area contributed by atoms with E-state index in [4.69, 9.17) is 0 Å². The Bertz CT molecular complexity index is 793. The average Bonchev–Trinajstić information content (AvgIpc) is 3.25. The normalized spacial score (nSPS) is 18.7. The molecule has 0 bridgehead atoms. The van der Waals surface area contributed by atoms with Gasteiger partial charge in [0.15, 0.2) is 0 Å². The first-order chi connectivity index (χ1) is 10.8. The second-order valence-corrected chi connectivity index (χ2v) is 5.52. The van der Waals surface area contributed by atoms with Gasteiger partial charge in [0.1, 0.15) is 12.2 Å². The third-order valence-corrected chi connectivity index (χ3v) is 4.22. The molecule has 3 heterocycles. The molecule has 1 fully saturated rings. The van der Waals surface area contributed by atoms with Crippen LogP contribution in [-0.2, 0) is 0 Å². The van der Waals surface area contributed by atoms with Crippen LogP contribution in [0.15, 0.2) is 30.7 Å². The quantitative estimate of drug-likeness (QED) is 0.757. The molecule has 3 aromatic rings. The molecule has 0 radical (unpaired) electrons. The number of hydrogen-bond donors (Lipinski definition) is 2. The molecular formula is C15H16N6O. The van der Waals surface area contributed by atoms with Crippen molar-refractivity contribution in [2.45, 2.75) is 25.3 Å². The first kappa shape index (κ1) is 13.0. The van der Waals surface area contributed by atoms with Crippen LogP contribution in [-0.4, -0.2) is 42.7 Å². The van der Waals surface area contributed by atoms with Gasteiger partial charge in [-0.3, -0.25) is 15.0 Å². The van der Waals surface area contributed by atoms with Crippen molar-refractivity contribution in [2.75, 3.05) is 6.54 Å². The van der Waals surface area contributed by atoms with Crippen LogP contribution in [0.3, 0.4) is 0 Å². The van der Waals surface area contributed by atoms with Crippen molar-refractivity contribution in [3.63, 3.8) is 0 Å². The molecule has 112 valence electrons. The number of likely N-dealkylation sites (tertiary alicyclic amines) is 1. The average molecular weight is 296 g/mol. The summed E-state index contributed by atoms with van der Waals surface area (Å²) in [6.45, 7) is 0.731. The minimum Gasteiger partial charge on any atom is -0.328 e. The molecular weight excluding hydrogens is 280 g/mol. The van der Waals surface area contributed by atoms with Crippen LogP contribution in [0.2, 0.25) is 0 Å². The lowest BCUT2D eigenvalue weighted by Gasteiger charge is -2.34. The number of fused-ring (bicyclic) bond motifs is 1. The van der Waals surface area contributed by atoms with Gasteiger partial charge in [0, 0.05) is 11.9 Å². The Morgan fingerprint density at radius 1 is 1.23 bits per heavy atom. The number of carbonyl (C=O) groups excluding carboxylic acids is 1. The van der Waals surface area contributed by atoms with E-state index in [2.05, 4.69) is 25.4 Å². The molecule has 0 aliphatic carbocycles. The maximum absolute atomic E-state index is 13.0. The molecule has 7 nitrogen and oxygen atoms in total. The molecule has 1 saturated heterocycles. The highest BCUT2D eigenvalue weighted by atomic mass is 16.2. The van der Waals surface area contributed by atoms with E-state index in [1.807, 2.05) is 23.1 Å². The monoisotopic (exact) mass is 296 g/mol. The lowest BCUT2D eigenvalue weighted by Crippen LogP contribution is -2.39. The van der Waals surface area contributed by atoms with E-state index < -0.39 is 0 Å². The lowest BCUT2D eigenvalue weighted by atomic mass is 9.99. The molecule has 22 heavy (non-hydrogen) atoms. The third kappa shape index (κ3) is 2.05. The number of nitrogens with one attached hydrogen (secondary N) is 2. The van der Waals surface area contributed by atoms with Crippen LogP contribution >= 0.6 is 0 Å². The summed E-state index contributed by atoms with van der Waals surface area (Å²) in [5.74, 6) is 0.765. The summed E-state index contributed by atoms with van der Waals surface area (Å²) in [6.07, 6.45) is 6.22. The highest BCUT2D eigenvalue weighted by Gasteiger charge is 2.31. The maximum Gasteiger partial charge on any atom is 0.256 e. The number of aromatic nitrogens is 5. The molecule has 2 aromatic heterocycles. The number of aromatic amines is 2. The fraction of sp³-hybridized carbons (Fsp3) is 0.333. The SMILES string of the molecule is O=C(c1cccc2cn[nH]c12)N1CCCCC1c1ncn[nH]1. The number of piperidine rings is 1. The Balaban J connectivity index is 1.72. The molecule has 1 aliphatic rings. The van der Waals surface area contributed by atoms with Gasteiger partial charge < -0.3 is 4.90 Å². The van der Waals surface area contributed by atoms with Crippen molar-refractivity contribution in [1.82, 2.24) is 30.3 Å². The van der Waals surface area contributed by atoms with Gasteiger partial charge in [-0.2, -0.15) is 10.2 Å². The Labute approximate surface area is 126 Å². The van der Waals surface area contributed by atoms with E-state index in [0.29, 0.717) is 5.56 Å². The van der Waals surface area contributed by atoms with Gasteiger partial charge in [-0.1, -0.05) is 12.1 Å². The number of H-pyrrole nitrogens is 2. The first-order valence-corrected chi connectivity index (χ1v) is 7.43. The Hall–Kier alpha value is -2.70. The largest absolute Gasteiger partial charge is 0.328 e. The van der Waals surface area contributed by atoms with Crippen molar-refractivity contribution < 1.29 is 4.79 Å².